The molecule has 1 N–H and O–H groups in total. The summed E-state index contributed by atoms with van der Waals surface area (Å²) in [6.07, 6.45) is 0. The molecular weight excluding hydrogens is 343 g/mol. The maximum atomic E-state index is 9.97. The molecule has 2 aliphatic heterocycles. The number of halogens is 2. The molecule has 1 fully saturated rings. The van der Waals surface area contributed by atoms with Crippen molar-refractivity contribution >= 4 is 24.8 Å². The Labute approximate surface area is 156 Å². The first kappa shape index (κ1) is 19.1. The molecule has 0 aromatic heterocycles. The average molecular weight is 367 g/mol. The van der Waals surface area contributed by atoms with Crippen molar-refractivity contribution in [1.29, 1.82) is 0 Å². The zero-order chi connectivity index (χ0) is 15.1. The van der Waals surface area contributed by atoms with Gasteiger partial charge in [-0.2, -0.15) is 0 Å². The van der Waals surface area contributed by atoms with E-state index in [1.807, 2.05) is 12.1 Å². The first-order valence-corrected chi connectivity index (χ1v) is 8.03. The second-order valence-electron chi connectivity index (χ2n) is 6.55. The molecule has 0 saturated carbocycles. The highest BCUT2D eigenvalue weighted by Gasteiger charge is 2.36. The molecule has 2 aliphatic rings. The fraction of sp³-hybridized carbons (Fsp3) is 0.368. The van der Waals surface area contributed by atoms with Gasteiger partial charge in [0, 0.05) is 38.1 Å². The Morgan fingerprint density at radius 2 is 1.67 bits per heavy atom. The Balaban J connectivity index is 0.00000104. The van der Waals surface area contributed by atoms with Crippen LogP contribution in [-0.4, -0.2) is 48.1 Å². The smallest absolute Gasteiger partial charge is 0.115 e. The third-order valence-corrected chi connectivity index (χ3v) is 5.12. The number of phenols is 1. The SMILES string of the molecule is CN1CCN2CC(c3ccccc3)c3ccc(O)cc3C2C1.Cl.Cl. The standard InChI is InChI=1S/C19H22N2O.2ClH/c1-20-9-10-21-12-18(14-5-3-2-4-6-14)16-8-7-15(22)11-17(16)19(21)13-20;;/h2-8,11,18-19,22H,9-10,12-13H2,1H3;2*1H. The van der Waals surface area contributed by atoms with Crippen LogP contribution in [0.3, 0.4) is 0 Å². The van der Waals surface area contributed by atoms with Gasteiger partial charge in [-0.15, -0.1) is 24.8 Å². The van der Waals surface area contributed by atoms with E-state index in [-0.39, 0.29) is 24.8 Å². The normalized spacial score (nSPS) is 23.4. The van der Waals surface area contributed by atoms with Gasteiger partial charge in [-0.3, -0.25) is 4.90 Å². The van der Waals surface area contributed by atoms with Crippen molar-refractivity contribution in [2.75, 3.05) is 33.2 Å². The van der Waals surface area contributed by atoms with Gasteiger partial charge in [-0.1, -0.05) is 36.4 Å². The molecular formula is C19H24Cl2N2O. The number of hydrogen-bond acceptors (Lipinski definition) is 3. The number of likely N-dealkylation sites (N-methyl/N-ethyl adjacent to an activating group) is 1. The Morgan fingerprint density at radius 1 is 0.917 bits per heavy atom. The fourth-order valence-electron chi connectivity index (χ4n) is 3.94. The van der Waals surface area contributed by atoms with E-state index in [0.29, 0.717) is 17.7 Å². The van der Waals surface area contributed by atoms with Gasteiger partial charge < -0.3 is 10.0 Å². The molecule has 4 rings (SSSR count). The predicted molar refractivity (Wildman–Crippen MR) is 103 cm³/mol. The van der Waals surface area contributed by atoms with E-state index in [9.17, 15) is 5.11 Å². The van der Waals surface area contributed by atoms with Crippen molar-refractivity contribution in [3.05, 3.63) is 65.2 Å². The van der Waals surface area contributed by atoms with Gasteiger partial charge in [-0.05, 0) is 35.9 Å². The van der Waals surface area contributed by atoms with Gasteiger partial charge >= 0.3 is 0 Å². The molecule has 24 heavy (non-hydrogen) atoms. The summed E-state index contributed by atoms with van der Waals surface area (Å²) in [6.45, 7) is 4.32. The van der Waals surface area contributed by atoms with Crippen molar-refractivity contribution in [3.63, 3.8) is 0 Å². The summed E-state index contributed by atoms with van der Waals surface area (Å²) in [7, 11) is 2.18. The molecule has 130 valence electrons. The van der Waals surface area contributed by atoms with Crippen LogP contribution in [0.1, 0.15) is 28.7 Å². The molecule has 2 atom stereocenters. The van der Waals surface area contributed by atoms with Gasteiger partial charge in [0.25, 0.3) is 0 Å². The van der Waals surface area contributed by atoms with E-state index in [1.165, 1.54) is 16.7 Å². The molecule has 5 heteroatoms. The van der Waals surface area contributed by atoms with Crippen LogP contribution in [0.2, 0.25) is 0 Å². The average Bonchev–Trinajstić information content (AvgIpc) is 2.55. The first-order chi connectivity index (χ1) is 10.7. The van der Waals surface area contributed by atoms with Crippen molar-refractivity contribution in [2.45, 2.75) is 12.0 Å². The quantitative estimate of drug-likeness (QED) is 0.833. The van der Waals surface area contributed by atoms with Crippen LogP contribution >= 0.6 is 24.8 Å². The third-order valence-electron chi connectivity index (χ3n) is 5.12. The number of nitrogens with zero attached hydrogens (tertiary/aromatic N) is 2. The predicted octanol–water partition coefficient (Wildman–Crippen LogP) is 3.67. The number of aromatic hydroxyl groups is 1. The number of benzene rings is 2. The largest absolute Gasteiger partial charge is 0.508 e. The maximum absolute atomic E-state index is 9.97. The van der Waals surface area contributed by atoms with Gasteiger partial charge in [0.1, 0.15) is 5.75 Å². The lowest BCUT2D eigenvalue weighted by molar-refractivity contribution is 0.0771. The van der Waals surface area contributed by atoms with Gasteiger partial charge in [0.05, 0.1) is 0 Å². The van der Waals surface area contributed by atoms with Crippen LogP contribution in [0.25, 0.3) is 0 Å². The number of rotatable bonds is 1. The van der Waals surface area contributed by atoms with Crippen LogP contribution in [-0.2, 0) is 0 Å². The molecule has 0 amide bonds. The summed E-state index contributed by atoms with van der Waals surface area (Å²) in [5, 5.41) is 9.97. The van der Waals surface area contributed by atoms with E-state index in [2.05, 4.69) is 53.2 Å². The molecule has 2 heterocycles. The Kier molecular flexibility index (Phi) is 6.16. The summed E-state index contributed by atoms with van der Waals surface area (Å²) in [5.41, 5.74) is 4.04. The van der Waals surface area contributed by atoms with E-state index < -0.39 is 0 Å². The van der Waals surface area contributed by atoms with Crippen LogP contribution in [0, 0.1) is 0 Å². The summed E-state index contributed by atoms with van der Waals surface area (Å²) in [6, 6.07) is 17.1. The topological polar surface area (TPSA) is 26.7 Å². The van der Waals surface area contributed by atoms with Crippen LogP contribution in [0.15, 0.2) is 48.5 Å². The molecule has 2 aromatic carbocycles. The van der Waals surface area contributed by atoms with Crippen molar-refractivity contribution in [1.82, 2.24) is 9.80 Å². The molecule has 3 nitrogen and oxygen atoms in total. The number of hydrogen-bond donors (Lipinski definition) is 1. The Bertz CT molecular complexity index is 680. The number of phenolic OH excluding ortho intramolecular Hbond substituents is 1. The van der Waals surface area contributed by atoms with Crippen LogP contribution in [0.5, 0.6) is 5.75 Å². The highest BCUT2D eigenvalue weighted by Crippen LogP contribution is 2.41. The zero-order valence-electron chi connectivity index (χ0n) is 13.8. The molecule has 0 spiro atoms. The highest BCUT2D eigenvalue weighted by atomic mass is 35.5. The molecule has 2 unspecified atom stereocenters. The molecule has 0 aliphatic carbocycles. The Morgan fingerprint density at radius 3 is 2.42 bits per heavy atom. The van der Waals surface area contributed by atoms with E-state index >= 15 is 0 Å². The van der Waals surface area contributed by atoms with Gasteiger partial charge in [-0.25, -0.2) is 0 Å². The minimum Gasteiger partial charge on any atom is -0.508 e. The first-order valence-electron chi connectivity index (χ1n) is 8.03. The minimum atomic E-state index is 0. The summed E-state index contributed by atoms with van der Waals surface area (Å²) >= 11 is 0. The van der Waals surface area contributed by atoms with Crippen molar-refractivity contribution in [3.8, 4) is 5.75 Å². The zero-order valence-corrected chi connectivity index (χ0v) is 15.4. The lowest BCUT2D eigenvalue weighted by atomic mass is 9.80. The third kappa shape index (κ3) is 3.40. The minimum absolute atomic E-state index is 0. The molecule has 2 aromatic rings. The molecule has 0 radical (unpaired) electrons. The van der Waals surface area contributed by atoms with Gasteiger partial charge in [0.15, 0.2) is 0 Å². The van der Waals surface area contributed by atoms with Crippen molar-refractivity contribution in [2.24, 2.45) is 0 Å². The van der Waals surface area contributed by atoms with E-state index in [1.54, 1.807) is 0 Å². The summed E-state index contributed by atoms with van der Waals surface area (Å²) in [4.78, 5) is 4.97. The second-order valence-corrected chi connectivity index (χ2v) is 6.55. The van der Waals surface area contributed by atoms with Crippen LogP contribution in [0.4, 0.5) is 0 Å². The monoisotopic (exact) mass is 366 g/mol. The van der Waals surface area contributed by atoms with Crippen LogP contribution < -0.4 is 0 Å². The summed E-state index contributed by atoms with van der Waals surface area (Å²) < 4.78 is 0. The second kappa shape index (κ2) is 7.75. The Hall–Kier alpha value is -1.26. The van der Waals surface area contributed by atoms with E-state index in [4.69, 9.17) is 0 Å². The van der Waals surface area contributed by atoms with Crippen molar-refractivity contribution < 1.29 is 5.11 Å². The lowest BCUT2D eigenvalue weighted by Gasteiger charge is -2.46. The number of piperazine rings is 1. The lowest BCUT2D eigenvalue weighted by Crippen LogP contribution is -2.50. The van der Waals surface area contributed by atoms with E-state index in [0.717, 1.165) is 26.2 Å². The summed E-state index contributed by atoms with van der Waals surface area (Å²) in [5.74, 6) is 0.775. The molecule has 0 bridgehead atoms. The van der Waals surface area contributed by atoms with Gasteiger partial charge in [0.2, 0.25) is 0 Å². The maximum Gasteiger partial charge on any atom is 0.115 e. The fourth-order valence-corrected chi connectivity index (χ4v) is 3.94. The number of fused-ring (bicyclic) bond motifs is 3. The molecule has 1 saturated heterocycles. The highest BCUT2D eigenvalue weighted by molar-refractivity contribution is 5.85.